The Morgan fingerprint density at radius 3 is 2.29 bits per heavy atom. The van der Waals surface area contributed by atoms with E-state index in [4.69, 9.17) is 0 Å². The Kier molecular flexibility index (Phi) is 5.30. The Hall–Kier alpha value is -1.04. The fourth-order valence-corrected chi connectivity index (χ4v) is 2.75. The Bertz CT molecular complexity index is 474. The second-order valence-corrected chi connectivity index (χ2v) is 6.83. The van der Waals surface area contributed by atoms with Crippen molar-refractivity contribution in [3.63, 3.8) is 0 Å². The lowest BCUT2D eigenvalue weighted by molar-refractivity contribution is -0.132. The van der Waals surface area contributed by atoms with E-state index in [9.17, 15) is 9.90 Å². The number of rotatable bonds is 4. The first-order valence-electron chi connectivity index (χ1n) is 7.34. The normalized spacial score (nSPS) is 17.0. The van der Waals surface area contributed by atoms with Gasteiger partial charge in [-0.05, 0) is 31.5 Å². The van der Waals surface area contributed by atoms with Gasteiger partial charge in [-0.3, -0.25) is 9.69 Å². The summed E-state index contributed by atoms with van der Waals surface area (Å²) in [6.07, 6.45) is 0.444. The zero-order chi connectivity index (χ0) is 15.5. The van der Waals surface area contributed by atoms with E-state index in [1.54, 1.807) is 0 Å². The molecule has 0 bridgehead atoms. The number of β-amino-alcohol motifs (C(OH)–C–C–N with tert-alkyl or cyclic N) is 1. The highest BCUT2D eigenvalue weighted by Crippen LogP contribution is 2.12. The molecule has 1 aromatic rings. The van der Waals surface area contributed by atoms with E-state index < -0.39 is 5.60 Å². The quantitative estimate of drug-likeness (QED) is 0.827. The molecule has 1 aromatic carbocycles. The molecule has 1 N–H and O–H groups in total. The molecule has 2 rings (SSSR count). The maximum Gasteiger partial charge on any atom is 0.227 e. The van der Waals surface area contributed by atoms with Crippen LogP contribution in [0.4, 0.5) is 0 Å². The Balaban J connectivity index is 1.81. The van der Waals surface area contributed by atoms with Crippen LogP contribution in [0.3, 0.4) is 0 Å². The number of nitrogens with zero attached hydrogens (tertiary/aromatic N) is 2. The largest absolute Gasteiger partial charge is 0.389 e. The minimum Gasteiger partial charge on any atom is -0.389 e. The third kappa shape index (κ3) is 5.34. The number of carbonyl (C=O) groups is 1. The first kappa shape index (κ1) is 16.3. The third-order valence-electron chi connectivity index (χ3n) is 3.63. The molecular formula is C16H24N2O2S. The summed E-state index contributed by atoms with van der Waals surface area (Å²) >= 11 is 4.25. The van der Waals surface area contributed by atoms with Gasteiger partial charge in [-0.25, -0.2) is 0 Å². The standard InChI is InChI=1S/C16H24N2O2S/c1-16(2,20)12-17-7-9-18(10-8-17)15(19)11-13-3-5-14(21)6-4-13/h3-6,20-21H,7-12H2,1-2H3. The molecule has 0 aliphatic carbocycles. The molecule has 0 saturated carbocycles. The summed E-state index contributed by atoms with van der Waals surface area (Å²) in [6.45, 7) is 7.40. The van der Waals surface area contributed by atoms with Crippen molar-refractivity contribution in [1.29, 1.82) is 0 Å². The van der Waals surface area contributed by atoms with Crippen LogP contribution in [0.25, 0.3) is 0 Å². The third-order valence-corrected chi connectivity index (χ3v) is 3.93. The summed E-state index contributed by atoms with van der Waals surface area (Å²) in [7, 11) is 0. The first-order valence-corrected chi connectivity index (χ1v) is 7.79. The topological polar surface area (TPSA) is 43.8 Å². The fraction of sp³-hybridized carbons (Fsp3) is 0.562. The van der Waals surface area contributed by atoms with Crippen molar-refractivity contribution in [2.45, 2.75) is 30.8 Å². The van der Waals surface area contributed by atoms with E-state index in [0.717, 1.165) is 36.6 Å². The van der Waals surface area contributed by atoms with Gasteiger partial charge in [-0.1, -0.05) is 12.1 Å². The Morgan fingerprint density at radius 2 is 1.76 bits per heavy atom. The molecule has 1 saturated heterocycles. The zero-order valence-electron chi connectivity index (χ0n) is 12.7. The lowest BCUT2D eigenvalue weighted by Gasteiger charge is -2.37. The number of piperazine rings is 1. The van der Waals surface area contributed by atoms with E-state index in [2.05, 4.69) is 17.5 Å². The van der Waals surface area contributed by atoms with Gasteiger partial charge in [0.1, 0.15) is 0 Å². The van der Waals surface area contributed by atoms with Gasteiger partial charge in [-0.2, -0.15) is 0 Å². The number of carbonyl (C=O) groups excluding carboxylic acids is 1. The molecule has 0 aromatic heterocycles. The van der Waals surface area contributed by atoms with Crippen molar-refractivity contribution < 1.29 is 9.90 Å². The minimum absolute atomic E-state index is 0.171. The van der Waals surface area contributed by atoms with Gasteiger partial charge in [0.2, 0.25) is 5.91 Å². The molecule has 1 amide bonds. The summed E-state index contributed by atoms with van der Waals surface area (Å²) in [4.78, 5) is 17.3. The Morgan fingerprint density at radius 1 is 1.19 bits per heavy atom. The first-order chi connectivity index (χ1) is 9.83. The maximum absolute atomic E-state index is 12.3. The molecule has 4 nitrogen and oxygen atoms in total. The molecule has 0 unspecified atom stereocenters. The average Bonchev–Trinajstić information content (AvgIpc) is 2.40. The summed E-state index contributed by atoms with van der Waals surface area (Å²) < 4.78 is 0. The molecule has 1 aliphatic heterocycles. The van der Waals surface area contributed by atoms with Crippen LogP contribution < -0.4 is 0 Å². The highest BCUT2D eigenvalue weighted by atomic mass is 32.1. The highest BCUT2D eigenvalue weighted by molar-refractivity contribution is 7.80. The zero-order valence-corrected chi connectivity index (χ0v) is 13.6. The van der Waals surface area contributed by atoms with Crippen LogP contribution in [-0.4, -0.2) is 59.1 Å². The van der Waals surface area contributed by atoms with E-state index >= 15 is 0 Å². The molecule has 1 aliphatic rings. The molecule has 5 heteroatoms. The van der Waals surface area contributed by atoms with Crippen LogP contribution in [0.5, 0.6) is 0 Å². The van der Waals surface area contributed by atoms with E-state index in [0.29, 0.717) is 13.0 Å². The van der Waals surface area contributed by atoms with E-state index in [-0.39, 0.29) is 5.91 Å². The van der Waals surface area contributed by atoms with Gasteiger partial charge in [0.25, 0.3) is 0 Å². The van der Waals surface area contributed by atoms with Gasteiger partial charge < -0.3 is 10.0 Å². The van der Waals surface area contributed by atoms with E-state index in [1.165, 1.54) is 0 Å². The van der Waals surface area contributed by atoms with Crippen molar-refractivity contribution >= 4 is 18.5 Å². The summed E-state index contributed by atoms with van der Waals surface area (Å²) in [5.41, 5.74) is 0.345. The lowest BCUT2D eigenvalue weighted by Crippen LogP contribution is -2.52. The van der Waals surface area contributed by atoms with Crippen LogP contribution in [0, 0.1) is 0 Å². The van der Waals surface area contributed by atoms with Crippen LogP contribution in [0.2, 0.25) is 0 Å². The lowest BCUT2D eigenvalue weighted by atomic mass is 10.1. The molecule has 1 heterocycles. The van der Waals surface area contributed by atoms with Gasteiger partial charge in [0, 0.05) is 37.6 Å². The predicted octanol–water partition coefficient (Wildman–Crippen LogP) is 1.43. The second kappa shape index (κ2) is 6.81. The number of hydrogen-bond donors (Lipinski definition) is 2. The minimum atomic E-state index is -0.680. The average molecular weight is 308 g/mol. The second-order valence-electron chi connectivity index (χ2n) is 6.31. The molecule has 1 fully saturated rings. The van der Waals surface area contributed by atoms with Crippen molar-refractivity contribution in [1.82, 2.24) is 9.80 Å². The summed E-state index contributed by atoms with van der Waals surface area (Å²) in [6, 6.07) is 7.72. The van der Waals surface area contributed by atoms with Crippen molar-refractivity contribution in [3.8, 4) is 0 Å². The van der Waals surface area contributed by atoms with Gasteiger partial charge >= 0.3 is 0 Å². The van der Waals surface area contributed by atoms with Crippen molar-refractivity contribution in [3.05, 3.63) is 29.8 Å². The SMILES string of the molecule is CC(C)(O)CN1CCN(C(=O)Cc2ccc(S)cc2)CC1. The molecule has 0 atom stereocenters. The molecular weight excluding hydrogens is 284 g/mol. The highest BCUT2D eigenvalue weighted by Gasteiger charge is 2.24. The van der Waals surface area contributed by atoms with Gasteiger partial charge in [0.05, 0.1) is 12.0 Å². The van der Waals surface area contributed by atoms with Crippen LogP contribution in [0.1, 0.15) is 19.4 Å². The molecule has 116 valence electrons. The van der Waals surface area contributed by atoms with Crippen molar-refractivity contribution in [2.75, 3.05) is 32.7 Å². The van der Waals surface area contributed by atoms with Gasteiger partial charge in [0.15, 0.2) is 0 Å². The number of benzene rings is 1. The molecule has 21 heavy (non-hydrogen) atoms. The fourth-order valence-electron chi connectivity index (χ4n) is 2.60. The number of hydrogen-bond acceptors (Lipinski definition) is 4. The van der Waals surface area contributed by atoms with Crippen LogP contribution >= 0.6 is 12.6 Å². The Labute approximate surface area is 132 Å². The molecule has 0 radical (unpaired) electrons. The predicted molar refractivity (Wildman–Crippen MR) is 86.7 cm³/mol. The van der Waals surface area contributed by atoms with E-state index in [1.807, 2.05) is 43.0 Å². The van der Waals surface area contributed by atoms with Gasteiger partial charge in [-0.15, -0.1) is 12.6 Å². The van der Waals surface area contributed by atoms with Crippen molar-refractivity contribution in [2.24, 2.45) is 0 Å². The monoisotopic (exact) mass is 308 g/mol. The molecule has 0 spiro atoms. The maximum atomic E-state index is 12.3. The van der Waals surface area contributed by atoms with Crippen LogP contribution in [-0.2, 0) is 11.2 Å². The number of aliphatic hydroxyl groups is 1. The number of thiol groups is 1. The van der Waals surface area contributed by atoms with Crippen LogP contribution in [0.15, 0.2) is 29.2 Å². The summed E-state index contributed by atoms with van der Waals surface area (Å²) in [5, 5.41) is 9.83. The smallest absolute Gasteiger partial charge is 0.227 e. The number of amides is 1. The summed E-state index contributed by atoms with van der Waals surface area (Å²) in [5.74, 6) is 0.171.